The Labute approximate surface area is 125 Å². The number of rotatable bonds is 7. The van der Waals surface area contributed by atoms with E-state index in [2.05, 4.69) is 71.8 Å². The summed E-state index contributed by atoms with van der Waals surface area (Å²) in [5.41, 5.74) is 2.50. The van der Waals surface area contributed by atoms with E-state index in [1.54, 1.807) is 11.3 Å². The van der Waals surface area contributed by atoms with Gasteiger partial charge in [-0.3, -0.25) is 4.90 Å². The molecule has 0 aliphatic rings. The number of hydrogen-bond donors (Lipinski definition) is 1. The molecule has 108 valence electrons. The molecule has 3 nitrogen and oxygen atoms in total. The molecular weight excluding hydrogens is 266 g/mol. The van der Waals surface area contributed by atoms with E-state index in [0.29, 0.717) is 6.04 Å². The first-order valence-electron chi connectivity index (χ1n) is 7.02. The molecule has 2 aromatic rings. The van der Waals surface area contributed by atoms with Crippen LogP contribution in [0.4, 0.5) is 0 Å². The quantitative estimate of drug-likeness (QED) is 0.848. The molecule has 1 aromatic heterocycles. The molecule has 1 N–H and O–H groups in total. The fourth-order valence-electron chi connectivity index (χ4n) is 2.02. The van der Waals surface area contributed by atoms with Gasteiger partial charge in [0.05, 0.1) is 5.69 Å². The SMILES string of the molecule is CC(C)NCc1nc(CN(C)Cc2ccccc2)cs1. The first-order chi connectivity index (χ1) is 9.63. The van der Waals surface area contributed by atoms with E-state index in [-0.39, 0.29) is 0 Å². The van der Waals surface area contributed by atoms with Gasteiger partial charge in [0.15, 0.2) is 0 Å². The Morgan fingerprint density at radius 2 is 1.95 bits per heavy atom. The summed E-state index contributed by atoms with van der Waals surface area (Å²) in [5.74, 6) is 0. The van der Waals surface area contributed by atoms with Gasteiger partial charge in [0.2, 0.25) is 0 Å². The molecule has 0 fully saturated rings. The maximum atomic E-state index is 4.68. The van der Waals surface area contributed by atoms with Crippen molar-refractivity contribution in [3.8, 4) is 0 Å². The minimum absolute atomic E-state index is 0.503. The second-order valence-electron chi connectivity index (χ2n) is 5.43. The summed E-state index contributed by atoms with van der Waals surface area (Å²) >= 11 is 1.74. The fraction of sp³-hybridized carbons (Fsp3) is 0.438. The predicted molar refractivity (Wildman–Crippen MR) is 85.7 cm³/mol. The minimum atomic E-state index is 0.503. The van der Waals surface area contributed by atoms with Crippen molar-refractivity contribution < 1.29 is 0 Å². The van der Waals surface area contributed by atoms with Crippen LogP contribution in [0.25, 0.3) is 0 Å². The van der Waals surface area contributed by atoms with Crippen LogP contribution in [-0.2, 0) is 19.6 Å². The Balaban J connectivity index is 1.83. The average Bonchev–Trinajstić information content (AvgIpc) is 2.85. The van der Waals surface area contributed by atoms with Crippen LogP contribution in [0.1, 0.15) is 30.1 Å². The number of nitrogens with zero attached hydrogens (tertiary/aromatic N) is 2. The topological polar surface area (TPSA) is 28.2 Å². The summed E-state index contributed by atoms with van der Waals surface area (Å²) in [5, 5.41) is 6.74. The van der Waals surface area contributed by atoms with Gasteiger partial charge in [0.1, 0.15) is 5.01 Å². The van der Waals surface area contributed by atoms with E-state index in [1.165, 1.54) is 10.6 Å². The van der Waals surface area contributed by atoms with Crippen LogP contribution in [0.2, 0.25) is 0 Å². The highest BCUT2D eigenvalue weighted by molar-refractivity contribution is 7.09. The van der Waals surface area contributed by atoms with Crippen molar-refractivity contribution in [3.05, 3.63) is 52.0 Å². The van der Waals surface area contributed by atoms with E-state index in [1.807, 2.05) is 0 Å². The van der Waals surface area contributed by atoms with E-state index >= 15 is 0 Å². The molecule has 0 amide bonds. The summed E-state index contributed by atoms with van der Waals surface area (Å²) in [4.78, 5) is 6.97. The highest BCUT2D eigenvalue weighted by atomic mass is 32.1. The summed E-state index contributed by atoms with van der Waals surface area (Å²) in [6, 6.07) is 11.1. The van der Waals surface area contributed by atoms with Crippen LogP contribution in [0.5, 0.6) is 0 Å². The lowest BCUT2D eigenvalue weighted by atomic mass is 10.2. The molecule has 0 aliphatic heterocycles. The van der Waals surface area contributed by atoms with E-state index < -0.39 is 0 Å². The maximum absolute atomic E-state index is 4.68. The molecule has 1 heterocycles. The molecule has 0 saturated heterocycles. The van der Waals surface area contributed by atoms with Crippen LogP contribution in [-0.4, -0.2) is 23.0 Å². The van der Waals surface area contributed by atoms with E-state index in [4.69, 9.17) is 0 Å². The molecular formula is C16H23N3S. The third-order valence-electron chi connectivity index (χ3n) is 2.99. The Morgan fingerprint density at radius 3 is 2.65 bits per heavy atom. The molecule has 0 bridgehead atoms. The Bertz CT molecular complexity index is 507. The Kier molecular flexibility index (Phi) is 5.71. The van der Waals surface area contributed by atoms with Crippen LogP contribution in [0.3, 0.4) is 0 Å². The zero-order chi connectivity index (χ0) is 14.4. The van der Waals surface area contributed by atoms with Crippen molar-refractivity contribution in [2.24, 2.45) is 0 Å². The van der Waals surface area contributed by atoms with Gasteiger partial charge in [-0.15, -0.1) is 11.3 Å². The number of hydrogen-bond acceptors (Lipinski definition) is 4. The van der Waals surface area contributed by atoms with Gasteiger partial charge < -0.3 is 5.32 Å². The van der Waals surface area contributed by atoms with Crippen LogP contribution >= 0.6 is 11.3 Å². The molecule has 4 heteroatoms. The average molecular weight is 289 g/mol. The largest absolute Gasteiger partial charge is 0.308 e. The highest BCUT2D eigenvalue weighted by Crippen LogP contribution is 2.13. The van der Waals surface area contributed by atoms with Gasteiger partial charge in [-0.25, -0.2) is 4.98 Å². The number of thiazole rings is 1. The summed E-state index contributed by atoms with van der Waals surface area (Å²) < 4.78 is 0. The third-order valence-corrected chi connectivity index (χ3v) is 3.89. The molecule has 0 spiro atoms. The molecule has 0 aliphatic carbocycles. The highest BCUT2D eigenvalue weighted by Gasteiger charge is 2.06. The van der Waals surface area contributed by atoms with E-state index in [9.17, 15) is 0 Å². The van der Waals surface area contributed by atoms with Gasteiger partial charge in [0, 0.05) is 31.1 Å². The first kappa shape index (κ1) is 15.2. The fourth-order valence-corrected chi connectivity index (χ4v) is 2.76. The standard InChI is InChI=1S/C16H23N3S/c1-13(2)17-9-16-18-15(12-20-16)11-19(3)10-14-7-5-4-6-8-14/h4-8,12-13,17H,9-11H2,1-3H3. The summed E-state index contributed by atoms with van der Waals surface area (Å²) in [7, 11) is 2.14. The van der Waals surface area contributed by atoms with Gasteiger partial charge in [-0.1, -0.05) is 44.2 Å². The van der Waals surface area contributed by atoms with Gasteiger partial charge in [0.25, 0.3) is 0 Å². The van der Waals surface area contributed by atoms with Crippen molar-refractivity contribution in [3.63, 3.8) is 0 Å². The molecule has 0 radical (unpaired) electrons. The predicted octanol–water partition coefficient (Wildman–Crippen LogP) is 3.27. The number of benzene rings is 1. The molecule has 0 atom stereocenters. The normalized spacial score (nSPS) is 11.4. The molecule has 0 saturated carbocycles. The second-order valence-corrected chi connectivity index (χ2v) is 6.37. The smallest absolute Gasteiger partial charge is 0.107 e. The number of nitrogens with one attached hydrogen (secondary N) is 1. The zero-order valence-electron chi connectivity index (χ0n) is 12.5. The third kappa shape index (κ3) is 5.04. The maximum Gasteiger partial charge on any atom is 0.107 e. The van der Waals surface area contributed by atoms with Gasteiger partial charge in [-0.2, -0.15) is 0 Å². The second kappa shape index (κ2) is 7.53. The van der Waals surface area contributed by atoms with Gasteiger partial charge in [-0.05, 0) is 12.6 Å². The van der Waals surface area contributed by atoms with Crippen LogP contribution in [0, 0.1) is 0 Å². The molecule has 1 aromatic carbocycles. The van der Waals surface area contributed by atoms with E-state index in [0.717, 1.165) is 25.3 Å². The van der Waals surface area contributed by atoms with Crippen molar-refractivity contribution in [1.29, 1.82) is 0 Å². The summed E-state index contributed by atoms with van der Waals surface area (Å²) in [6.07, 6.45) is 0. The summed E-state index contributed by atoms with van der Waals surface area (Å²) in [6.45, 7) is 7.03. The van der Waals surface area contributed by atoms with Crippen molar-refractivity contribution in [1.82, 2.24) is 15.2 Å². The van der Waals surface area contributed by atoms with Crippen molar-refractivity contribution >= 4 is 11.3 Å². The number of aromatic nitrogens is 1. The van der Waals surface area contributed by atoms with Crippen molar-refractivity contribution in [2.75, 3.05) is 7.05 Å². The Morgan fingerprint density at radius 1 is 1.20 bits per heavy atom. The molecule has 0 unspecified atom stereocenters. The molecule has 20 heavy (non-hydrogen) atoms. The monoisotopic (exact) mass is 289 g/mol. The lowest BCUT2D eigenvalue weighted by Gasteiger charge is -2.15. The van der Waals surface area contributed by atoms with Crippen LogP contribution < -0.4 is 5.32 Å². The molecule has 2 rings (SSSR count). The first-order valence-corrected chi connectivity index (χ1v) is 7.90. The zero-order valence-corrected chi connectivity index (χ0v) is 13.3. The lowest BCUT2D eigenvalue weighted by Crippen LogP contribution is -2.22. The minimum Gasteiger partial charge on any atom is -0.308 e. The van der Waals surface area contributed by atoms with Crippen LogP contribution in [0.15, 0.2) is 35.7 Å². The Hall–Kier alpha value is -1.23. The van der Waals surface area contributed by atoms with Crippen molar-refractivity contribution in [2.45, 2.75) is 39.5 Å². The van der Waals surface area contributed by atoms with Gasteiger partial charge >= 0.3 is 0 Å². The lowest BCUT2D eigenvalue weighted by molar-refractivity contribution is 0.315.